The van der Waals surface area contributed by atoms with Gasteiger partial charge in [-0.2, -0.15) is 13.2 Å². The minimum atomic E-state index is -4.88. The largest absolute Gasteiger partial charge is 0.481 e. The van der Waals surface area contributed by atoms with Crippen LogP contribution in [0.3, 0.4) is 0 Å². The van der Waals surface area contributed by atoms with Gasteiger partial charge in [-0.1, -0.05) is 22.7 Å². The molecule has 12 heteroatoms. The van der Waals surface area contributed by atoms with E-state index < -0.39 is 35.7 Å². The summed E-state index contributed by atoms with van der Waals surface area (Å²) in [4.78, 5) is 37.1. The quantitative estimate of drug-likeness (QED) is 0.288. The molecule has 2 aromatic carbocycles. The summed E-state index contributed by atoms with van der Waals surface area (Å²) in [5.74, 6) is 1.74. The number of carbonyl (C=O) groups excluding carboxylic acids is 1. The van der Waals surface area contributed by atoms with E-state index in [2.05, 4.69) is 11.1 Å². The van der Waals surface area contributed by atoms with Crippen molar-refractivity contribution in [1.82, 2.24) is 14.3 Å². The lowest BCUT2D eigenvalue weighted by molar-refractivity contribution is -0.145. The summed E-state index contributed by atoms with van der Waals surface area (Å²) in [5.41, 5.74) is -1.93. The van der Waals surface area contributed by atoms with Gasteiger partial charge in [-0.05, 0) is 37.3 Å². The normalized spacial score (nSPS) is 11.4. The van der Waals surface area contributed by atoms with Crippen LogP contribution >= 0.6 is 0 Å². The van der Waals surface area contributed by atoms with Gasteiger partial charge in [0.1, 0.15) is 17.1 Å². The zero-order chi connectivity index (χ0) is 26.9. The Bertz CT molecular complexity index is 1670. The number of nitrogens with zero attached hydrogens (tertiary/aromatic N) is 3. The van der Waals surface area contributed by atoms with E-state index in [0.29, 0.717) is 26.2 Å². The highest BCUT2D eigenvalue weighted by Gasteiger charge is 2.35. The number of hydrogen-bond acceptors (Lipinski definition) is 7. The maximum atomic E-state index is 13.2. The van der Waals surface area contributed by atoms with Gasteiger partial charge in [0.15, 0.2) is 18.8 Å². The fourth-order valence-corrected chi connectivity index (χ4v) is 3.65. The summed E-state index contributed by atoms with van der Waals surface area (Å²) in [6, 6.07) is 9.59. The first-order chi connectivity index (χ1) is 17.5. The average molecular weight is 513 g/mol. The molecule has 0 aliphatic heterocycles. The summed E-state index contributed by atoms with van der Waals surface area (Å²) >= 11 is 0. The van der Waals surface area contributed by atoms with Crippen LogP contribution in [0, 0.1) is 19.3 Å². The number of aromatic nitrogens is 3. The van der Waals surface area contributed by atoms with Crippen molar-refractivity contribution >= 4 is 16.9 Å². The Morgan fingerprint density at radius 3 is 2.62 bits per heavy atom. The highest BCUT2D eigenvalue weighted by molar-refractivity contribution is 5.94. The van der Waals surface area contributed by atoms with Crippen molar-refractivity contribution < 1.29 is 32.0 Å². The van der Waals surface area contributed by atoms with Gasteiger partial charge in [-0.25, -0.2) is 14.2 Å². The maximum Gasteiger partial charge on any atom is 0.431 e. The van der Waals surface area contributed by atoms with E-state index in [1.807, 2.05) is 6.92 Å². The van der Waals surface area contributed by atoms with Crippen LogP contribution in [-0.4, -0.2) is 33.5 Å². The molecule has 0 fully saturated rings. The second-order valence-electron chi connectivity index (χ2n) is 7.91. The van der Waals surface area contributed by atoms with E-state index in [-0.39, 0.29) is 29.3 Å². The molecule has 4 rings (SSSR count). The van der Waals surface area contributed by atoms with Crippen LogP contribution in [0.4, 0.5) is 13.2 Å². The van der Waals surface area contributed by atoms with Crippen molar-refractivity contribution in [1.29, 1.82) is 0 Å². The van der Waals surface area contributed by atoms with E-state index in [9.17, 15) is 27.6 Å². The number of fused-ring (bicyclic) bond motifs is 1. The minimum absolute atomic E-state index is 0.00394. The van der Waals surface area contributed by atoms with E-state index >= 15 is 0 Å². The lowest BCUT2D eigenvalue weighted by atomic mass is 10.0. The molecule has 0 amide bonds. The number of hydrogen-bond donors (Lipinski definition) is 0. The Labute approximate surface area is 206 Å². The van der Waals surface area contributed by atoms with Gasteiger partial charge in [0.25, 0.3) is 5.56 Å². The molecule has 2 aromatic heterocycles. The van der Waals surface area contributed by atoms with Gasteiger partial charge in [-0.3, -0.25) is 9.36 Å². The molecule has 190 valence electrons. The third-order valence-electron chi connectivity index (χ3n) is 5.37. The van der Waals surface area contributed by atoms with Crippen molar-refractivity contribution in [2.75, 3.05) is 13.2 Å². The number of terminal acetylenes is 1. The summed E-state index contributed by atoms with van der Waals surface area (Å²) in [5, 5.41) is 4.41. The van der Waals surface area contributed by atoms with Gasteiger partial charge in [0.05, 0.1) is 11.1 Å². The van der Waals surface area contributed by atoms with Crippen LogP contribution < -0.4 is 16.0 Å². The molecule has 0 saturated carbocycles. The van der Waals surface area contributed by atoms with Crippen molar-refractivity contribution in [3.8, 4) is 35.0 Å². The fraction of sp³-hybridized carbons (Fsp3) is 0.200. The molecule has 0 spiro atoms. The van der Waals surface area contributed by atoms with Crippen molar-refractivity contribution in [2.45, 2.75) is 13.1 Å². The topological polar surface area (TPSA) is 106 Å². The Morgan fingerprint density at radius 1 is 1.16 bits per heavy atom. The average Bonchev–Trinajstić information content (AvgIpc) is 3.26. The molecular formula is C25H18F3N3O6. The Hall–Kier alpha value is -4.79. The molecule has 0 atom stereocenters. The van der Waals surface area contributed by atoms with Crippen molar-refractivity contribution in [3.05, 3.63) is 74.6 Å². The Kier molecular flexibility index (Phi) is 6.63. The number of esters is 1. The fourth-order valence-electron chi connectivity index (χ4n) is 3.65. The van der Waals surface area contributed by atoms with E-state index in [0.717, 1.165) is 12.6 Å². The monoisotopic (exact) mass is 513 g/mol. The molecule has 2 heterocycles. The standard InChI is InChI=1S/C25H18F3N3O6/c1-4-9-35-22(33)13-36-18-7-5-14(2)10-16(18)23-17-11-15(6-8-19(17)37-29-23)31-21(32)12-20(25(26,27)28)30(3)24(31)34/h1,5-8,10-12H,9,13H2,2-3H3. The van der Waals surface area contributed by atoms with E-state index in [4.69, 9.17) is 20.4 Å². The first kappa shape index (κ1) is 25.3. The lowest BCUT2D eigenvalue weighted by Crippen LogP contribution is -2.40. The molecule has 37 heavy (non-hydrogen) atoms. The Morgan fingerprint density at radius 2 is 1.92 bits per heavy atom. The second-order valence-corrected chi connectivity index (χ2v) is 7.91. The predicted molar refractivity (Wildman–Crippen MR) is 125 cm³/mol. The van der Waals surface area contributed by atoms with Crippen molar-refractivity contribution in [2.24, 2.45) is 7.05 Å². The Balaban J connectivity index is 1.81. The van der Waals surface area contributed by atoms with E-state index in [1.165, 1.54) is 18.2 Å². The summed E-state index contributed by atoms with van der Waals surface area (Å²) < 4.78 is 56.4. The predicted octanol–water partition coefficient (Wildman–Crippen LogP) is 3.23. The van der Waals surface area contributed by atoms with Gasteiger partial charge >= 0.3 is 17.8 Å². The summed E-state index contributed by atoms with van der Waals surface area (Å²) in [6.45, 7) is 1.17. The molecule has 0 radical (unpaired) electrons. The third kappa shape index (κ3) is 4.97. The van der Waals surface area contributed by atoms with Crippen molar-refractivity contribution in [3.63, 3.8) is 0 Å². The number of alkyl halides is 3. The van der Waals surface area contributed by atoms with Crippen LogP contribution in [0.5, 0.6) is 5.75 Å². The van der Waals surface area contributed by atoms with Crippen LogP contribution in [0.25, 0.3) is 27.9 Å². The van der Waals surface area contributed by atoms with Crippen LogP contribution in [0.1, 0.15) is 11.3 Å². The highest BCUT2D eigenvalue weighted by Crippen LogP contribution is 2.36. The zero-order valence-electron chi connectivity index (χ0n) is 19.5. The number of ether oxygens (including phenoxy) is 2. The molecule has 4 aromatic rings. The number of halogens is 3. The maximum absolute atomic E-state index is 13.2. The van der Waals surface area contributed by atoms with Crippen LogP contribution in [0.2, 0.25) is 0 Å². The zero-order valence-corrected chi connectivity index (χ0v) is 19.5. The molecule has 0 saturated heterocycles. The van der Waals surface area contributed by atoms with Gasteiger partial charge in [0, 0.05) is 18.7 Å². The van der Waals surface area contributed by atoms with Crippen LogP contribution in [0.15, 0.2) is 56.6 Å². The SMILES string of the molecule is C#CCOC(=O)COc1ccc(C)cc1-c1noc2ccc(-n3c(=O)cc(C(F)(F)F)n(C)c3=O)cc12. The van der Waals surface area contributed by atoms with Gasteiger partial charge in [0.2, 0.25) is 0 Å². The number of rotatable bonds is 6. The number of aryl methyl sites for hydroxylation is 1. The molecule has 0 unspecified atom stereocenters. The molecule has 9 nitrogen and oxygen atoms in total. The number of carbonyl (C=O) groups is 1. The first-order valence-electron chi connectivity index (χ1n) is 10.6. The summed E-state index contributed by atoms with van der Waals surface area (Å²) in [7, 11) is 0.926. The molecule has 0 aliphatic carbocycles. The first-order valence-corrected chi connectivity index (χ1v) is 10.6. The molecule has 0 bridgehead atoms. The van der Waals surface area contributed by atoms with Crippen LogP contribution in [-0.2, 0) is 22.8 Å². The van der Waals surface area contributed by atoms with Gasteiger partial charge < -0.3 is 14.0 Å². The highest BCUT2D eigenvalue weighted by atomic mass is 19.4. The van der Waals surface area contributed by atoms with Gasteiger partial charge in [-0.15, -0.1) is 6.42 Å². The molecule has 0 aliphatic rings. The molecular weight excluding hydrogens is 495 g/mol. The smallest absolute Gasteiger partial charge is 0.431 e. The van der Waals surface area contributed by atoms with E-state index in [1.54, 1.807) is 18.2 Å². The number of benzene rings is 2. The third-order valence-corrected chi connectivity index (χ3v) is 5.37. The molecule has 0 N–H and O–H groups in total. The second kappa shape index (κ2) is 9.69. The minimum Gasteiger partial charge on any atom is -0.481 e. The summed E-state index contributed by atoms with van der Waals surface area (Å²) in [6.07, 6.45) is 0.188. The lowest BCUT2D eigenvalue weighted by Gasteiger charge is -2.14.